The highest BCUT2D eigenvalue weighted by Gasteiger charge is 2.56. The Morgan fingerprint density at radius 3 is 2.52 bits per heavy atom. The maximum Gasteiger partial charge on any atom is 0.325 e. The van der Waals surface area contributed by atoms with E-state index in [1.54, 1.807) is 36.1 Å². The molecule has 4 unspecified atom stereocenters. The van der Waals surface area contributed by atoms with E-state index in [4.69, 9.17) is 0 Å². The number of likely N-dealkylation sites (N-methyl/N-ethyl adjacent to an activating group) is 1. The van der Waals surface area contributed by atoms with E-state index < -0.39 is 35.0 Å². The number of hydrogen-bond acceptors (Lipinski definition) is 4. The van der Waals surface area contributed by atoms with E-state index >= 15 is 0 Å². The van der Waals surface area contributed by atoms with Crippen molar-refractivity contribution in [1.82, 2.24) is 5.32 Å². The Hall–Kier alpha value is -3.13. The number of rotatable bonds is 7. The minimum atomic E-state index is -1.53. The third-order valence-corrected chi connectivity index (χ3v) is 6.96. The molecular formula is C25H26F2N2O4. The van der Waals surface area contributed by atoms with Crippen LogP contribution in [0.2, 0.25) is 0 Å². The van der Waals surface area contributed by atoms with Crippen molar-refractivity contribution >= 4 is 23.9 Å². The van der Waals surface area contributed by atoms with Crippen molar-refractivity contribution in [3.63, 3.8) is 0 Å². The lowest BCUT2D eigenvalue weighted by Gasteiger charge is -2.49. The summed E-state index contributed by atoms with van der Waals surface area (Å²) in [5.41, 5.74) is -0.485. The molecule has 2 aromatic carbocycles. The molecule has 33 heavy (non-hydrogen) atoms. The maximum atomic E-state index is 13.9. The molecule has 0 bridgehead atoms. The average Bonchev–Trinajstić information content (AvgIpc) is 3.25. The van der Waals surface area contributed by atoms with E-state index in [1.807, 2.05) is 0 Å². The number of nitrogens with zero attached hydrogens (tertiary/aromatic N) is 1. The Morgan fingerprint density at radius 1 is 1.18 bits per heavy atom. The minimum absolute atomic E-state index is 0.101. The van der Waals surface area contributed by atoms with E-state index in [2.05, 4.69) is 5.32 Å². The molecule has 2 aliphatic rings. The molecule has 4 atom stereocenters. The zero-order valence-corrected chi connectivity index (χ0v) is 18.3. The van der Waals surface area contributed by atoms with Gasteiger partial charge in [-0.15, -0.1) is 0 Å². The summed E-state index contributed by atoms with van der Waals surface area (Å²) in [6, 6.07) is 9.40. The van der Waals surface area contributed by atoms with E-state index in [1.165, 1.54) is 0 Å². The van der Waals surface area contributed by atoms with Gasteiger partial charge in [-0.25, -0.2) is 8.78 Å². The predicted octanol–water partition coefficient (Wildman–Crippen LogP) is 3.90. The largest absolute Gasteiger partial charge is 0.480 e. The third kappa shape index (κ3) is 3.82. The number of para-hydroxylation sites is 1. The SMILES string of the molecule is CCNC(CC=O)(C(=O)O)C1c2ccccc2N(C(=O)c2cc(F)cc(F)c2)C2CCCC21. The molecule has 1 heterocycles. The molecule has 8 heteroatoms. The van der Waals surface area contributed by atoms with Crippen molar-refractivity contribution in [2.75, 3.05) is 11.4 Å². The number of carbonyl (C=O) groups excluding carboxylic acids is 2. The van der Waals surface area contributed by atoms with E-state index in [9.17, 15) is 28.3 Å². The molecule has 2 N–H and O–H groups in total. The van der Waals surface area contributed by atoms with Crippen LogP contribution in [0.4, 0.5) is 14.5 Å². The smallest absolute Gasteiger partial charge is 0.325 e. The molecule has 1 amide bonds. The summed E-state index contributed by atoms with van der Waals surface area (Å²) >= 11 is 0. The van der Waals surface area contributed by atoms with Crippen molar-refractivity contribution in [3.8, 4) is 0 Å². The monoisotopic (exact) mass is 456 g/mol. The summed E-state index contributed by atoms with van der Waals surface area (Å²) in [4.78, 5) is 39.4. The van der Waals surface area contributed by atoms with Gasteiger partial charge in [0.2, 0.25) is 0 Å². The molecule has 1 aliphatic carbocycles. The molecule has 174 valence electrons. The second-order valence-corrected chi connectivity index (χ2v) is 8.71. The number of hydrogen-bond donors (Lipinski definition) is 2. The molecule has 0 aromatic heterocycles. The van der Waals surface area contributed by atoms with Crippen molar-refractivity contribution in [2.45, 2.75) is 50.1 Å². The number of aliphatic carboxylic acids is 1. The van der Waals surface area contributed by atoms with Crippen LogP contribution in [0.5, 0.6) is 0 Å². The summed E-state index contributed by atoms with van der Waals surface area (Å²) in [5, 5.41) is 13.4. The van der Waals surface area contributed by atoms with E-state index in [0.29, 0.717) is 43.0 Å². The number of carboxylic acids is 1. The fourth-order valence-electron chi connectivity index (χ4n) is 5.82. The van der Waals surface area contributed by atoms with Gasteiger partial charge >= 0.3 is 5.97 Å². The third-order valence-electron chi connectivity index (χ3n) is 6.96. The molecular weight excluding hydrogens is 430 g/mol. The molecule has 6 nitrogen and oxygen atoms in total. The van der Waals surface area contributed by atoms with Crippen LogP contribution in [0.25, 0.3) is 0 Å². The number of fused-ring (bicyclic) bond motifs is 2. The van der Waals surface area contributed by atoms with Crippen molar-refractivity contribution < 1.29 is 28.3 Å². The predicted molar refractivity (Wildman–Crippen MR) is 118 cm³/mol. The van der Waals surface area contributed by atoms with Crippen molar-refractivity contribution in [2.24, 2.45) is 5.92 Å². The molecule has 4 rings (SSSR count). The number of halogens is 2. The lowest BCUT2D eigenvalue weighted by Crippen LogP contribution is -2.62. The highest BCUT2D eigenvalue weighted by molar-refractivity contribution is 6.07. The van der Waals surface area contributed by atoms with Crippen molar-refractivity contribution in [3.05, 3.63) is 65.2 Å². The molecule has 1 aliphatic heterocycles. The van der Waals surface area contributed by atoms with E-state index in [-0.39, 0.29) is 23.9 Å². The fourth-order valence-corrected chi connectivity index (χ4v) is 5.82. The van der Waals surface area contributed by atoms with Gasteiger partial charge in [0.1, 0.15) is 23.5 Å². The molecule has 1 saturated carbocycles. The zero-order chi connectivity index (χ0) is 23.8. The van der Waals surface area contributed by atoms with Gasteiger partial charge in [0.15, 0.2) is 0 Å². The highest BCUT2D eigenvalue weighted by atomic mass is 19.1. The number of amides is 1. The molecule has 2 aromatic rings. The van der Waals surface area contributed by atoms with Crippen LogP contribution in [-0.4, -0.2) is 41.4 Å². The van der Waals surface area contributed by atoms with Gasteiger partial charge in [0, 0.05) is 35.7 Å². The topological polar surface area (TPSA) is 86.7 Å². The van der Waals surface area contributed by atoms with Gasteiger partial charge < -0.3 is 20.1 Å². The number of aldehydes is 1. The zero-order valence-electron chi connectivity index (χ0n) is 18.3. The van der Waals surface area contributed by atoms with Crippen LogP contribution in [0.3, 0.4) is 0 Å². The van der Waals surface area contributed by atoms with Crippen LogP contribution in [0.1, 0.15) is 54.4 Å². The lowest BCUT2D eigenvalue weighted by atomic mass is 9.65. The maximum absolute atomic E-state index is 13.9. The van der Waals surface area contributed by atoms with Crippen LogP contribution < -0.4 is 10.2 Å². The highest BCUT2D eigenvalue weighted by Crippen LogP contribution is 2.53. The minimum Gasteiger partial charge on any atom is -0.480 e. The lowest BCUT2D eigenvalue weighted by molar-refractivity contribution is -0.148. The molecule has 1 fully saturated rings. The molecule has 0 saturated heterocycles. The Labute approximate surface area is 190 Å². The summed E-state index contributed by atoms with van der Waals surface area (Å²) in [7, 11) is 0. The van der Waals surface area contributed by atoms with Gasteiger partial charge in [0.05, 0.1) is 0 Å². The first-order valence-corrected chi connectivity index (χ1v) is 11.1. The Morgan fingerprint density at radius 2 is 1.88 bits per heavy atom. The normalized spacial score (nSPS) is 23.4. The number of nitrogens with one attached hydrogen (secondary N) is 1. The average molecular weight is 456 g/mol. The second kappa shape index (κ2) is 9.02. The Kier molecular flexibility index (Phi) is 6.30. The van der Waals surface area contributed by atoms with E-state index in [0.717, 1.165) is 18.6 Å². The standard InChI is InChI=1S/C25H26F2N2O4/c1-2-28-25(10-11-30,24(32)33)22-18-6-3-4-8-20(18)29(21-9-5-7-19(21)22)23(31)15-12-16(26)14-17(27)13-15/h3-4,6,8,11-14,19,21-22,28H,2,5,7,9-10H2,1H3,(H,32,33). The second-order valence-electron chi connectivity index (χ2n) is 8.71. The summed E-state index contributed by atoms with van der Waals surface area (Å²) < 4.78 is 27.8. The quantitative estimate of drug-likeness (QED) is 0.617. The first-order valence-electron chi connectivity index (χ1n) is 11.1. The number of carbonyl (C=O) groups is 3. The number of carboxylic acid groups (broad SMARTS) is 1. The van der Waals surface area contributed by atoms with Gasteiger partial charge in [-0.3, -0.25) is 9.59 Å². The summed E-state index contributed by atoms with van der Waals surface area (Å²) in [5.74, 6) is -4.13. The van der Waals surface area contributed by atoms with Gasteiger partial charge in [0.25, 0.3) is 5.91 Å². The Bertz CT molecular complexity index is 1070. The summed E-state index contributed by atoms with van der Waals surface area (Å²) in [6.45, 7) is 2.14. The van der Waals surface area contributed by atoms with Gasteiger partial charge in [-0.2, -0.15) is 0 Å². The van der Waals surface area contributed by atoms with Crippen LogP contribution in [-0.2, 0) is 9.59 Å². The molecule has 0 spiro atoms. The fraction of sp³-hybridized carbons (Fsp3) is 0.400. The first kappa shape index (κ1) is 23.0. The van der Waals surface area contributed by atoms with Crippen molar-refractivity contribution in [1.29, 1.82) is 0 Å². The van der Waals surface area contributed by atoms with Crippen LogP contribution in [0.15, 0.2) is 42.5 Å². The number of anilines is 1. The van der Waals surface area contributed by atoms with Gasteiger partial charge in [-0.1, -0.05) is 31.5 Å². The first-order chi connectivity index (χ1) is 15.8. The van der Waals surface area contributed by atoms with Gasteiger partial charge in [-0.05, 0) is 49.1 Å². The number of benzene rings is 2. The van der Waals surface area contributed by atoms with Crippen LogP contribution >= 0.6 is 0 Å². The summed E-state index contributed by atoms with van der Waals surface area (Å²) in [6.07, 6.45) is 2.47. The Balaban J connectivity index is 1.90. The molecule has 0 radical (unpaired) electrons. The van der Waals surface area contributed by atoms with Crippen LogP contribution in [0, 0.1) is 17.6 Å².